The van der Waals surface area contributed by atoms with Crippen molar-refractivity contribution in [3.8, 4) is 23.0 Å². The van der Waals surface area contributed by atoms with Crippen LogP contribution >= 0.6 is 0 Å². The summed E-state index contributed by atoms with van der Waals surface area (Å²) >= 11 is 0. The lowest BCUT2D eigenvalue weighted by Crippen LogP contribution is -2.37. The van der Waals surface area contributed by atoms with Crippen LogP contribution in [0.2, 0.25) is 0 Å². The van der Waals surface area contributed by atoms with Crippen molar-refractivity contribution in [3.63, 3.8) is 0 Å². The Balaban J connectivity index is 1.34. The van der Waals surface area contributed by atoms with Gasteiger partial charge in [-0.25, -0.2) is 4.98 Å². The molecule has 6 nitrogen and oxygen atoms in total. The number of aromatic nitrogens is 3. The van der Waals surface area contributed by atoms with Crippen LogP contribution in [0.15, 0.2) is 66.9 Å². The van der Waals surface area contributed by atoms with E-state index in [1.807, 2.05) is 30.3 Å². The normalized spacial score (nSPS) is 14.7. The standard InChI is InChI=1S/C26H28N4O2/c1-20-6-11-25-24(19-20)28-26(23-5-2-3-12-27-23)30(25)21-7-9-22(10-8-21)32-16-4-13-29-14-17-31-18-15-29/h2-3,5-12,19H,4,13-18H2,1H3. The first-order chi connectivity index (χ1) is 15.8. The fourth-order valence-corrected chi connectivity index (χ4v) is 4.11. The summed E-state index contributed by atoms with van der Waals surface area (Å²) in [5.41, 5.74) is 5.11. The molecule has 32 heavy (non-hydrogen) atoms. The average molecular weight is 429 g/mol. The van der Waals surface area contributed by atoms with E-state index in [1.54, 1.807) is 6.20 Å². The van der Waals surface area contributed by atoms with Crippen LogP contribution in [0.25, 0.3) is 28.2 Å². The molecular formula is C26H28N4O2. The summed E-state index contributed by atoms with van der Waals surface area (Å²) in [6, 6.07) is 20.5. The highest BCUT2D eigenvalue weighted by molar-refractivity contribution is 5.83. The number of aryl methyl sites for hydroxylation is 1. The van der Waals surface area contributed by atoms with Crippen molar-refractivity contribution in [3.05, 3.63) is 72.4 Å². The maximum atomic E-state index is 5.99. The second-order valence-electron chi connectivity index (χ2n) is 8.13. The van der Waals surface area contributed by atoms with Crippen LogP contribution in [-0.2, 0) is 4.74 Å². The Morgan fingerprint density at radius 3 is 2.62 bits per heavy atom. The number of hydrogen-bond acceptors (Lipinski definition) is 5. The summed E-state index contributed by atoms with van der Waals surface area (Å²) in [5.74, 6) is 1.72. The third kappa shape index (κ3) is 4.52. The van der Waals surface area contributed by atoms with Gasteiger partial charge in [0.2, 0.25) is 0 Å². The molecular weight excluding hydrogens is 400 g/mol. The molecule has 1 aliphatic heterocycles. The lowest BCUT2D eigenvalue weighted by Gasteiger charge is -2.26. The van der Waals surface area contributed by atoms with Crippen molar-refractivity contribution in [2.75, 3.05) is 39.5 Å². The predicted octanol–water partition coefficient (Wildman–Crippen LogP) is 4.50. The molecule has 164 valence electrons. The van der Waals surface area contributed by atoms with Crippen LogP contribution in [0.1, 0.15) is 12.0 Å². The van der Waals surface area contributed by atoms with E-state index in [0.29, 0.717) is 6.61 Å². The molecule has 0 bridgehead atoms. The highest BCUT2D eigenvalue weighted by Gasteiger charge is 2.15. The first-order valence-electron chi connectivity index (χ1n) is 11.2. The van der Waals surface area contributed by atoms with Gasteiger partial charge in [-0.2, -0.15) is 0 Å². The summed E-state index contributed by atoms with van der Waals surface area (Å²) in [6.07, 6.45) is 2.81. The van der Waals surface area contributed by atoms with E-state index in [-0.39, 0.29) is 0 Å². The van der Waals surface area contributed by atoms with Gasteiger partial charge in [0.1, 0.15) is 11.4 Å². The Bertz CT molecular complexity index is 1170. The van der Waals surface area contributed by atoms with Gasteiger partial charge in [-0.3, -0.25) is 14.5 Å². The van der Waals surface area contributed by atoms with Gasteiger partial charge in [-0.05, 0) is 67.4 Å². The molecule has 0 atom stereocenters. The summed E-state index contributed by atoms with van der Waals surface area (Å²) in [4.78, 5) is 11.9. The van der Waals surface area contributed by atoms with Crippen molar-refractivity contribution >= 4 is 11.0 Å². The summed E-state index contributed by atoms with van der Waals surface area (Å²) in [6.45, 7) is 7.57. The van der Waals surface area contributed by atoms with Crippen molar-refractivity contribution < 1.29 is 9.47 Å². The zero-order valence-electron chi connectivity index (χ0n) is 18.4. The minimum absolute atomic E-state index is 0.711. The Morgan fingerprint density at radius 2 is 1.84 bits per heavy atom. The molecule has 3 heterocycles. The van der Waals surface area contributed by atoms with E-state index in [2.05, 4.69) is 51.7 Å². The third-order valence-electron chi connectivity index (χ3n) is 5.79. The van der Waals surface area contributed by atoms with Gasteiger partial charge in [-0.15, -0.1) is 0 Å². The Morgan fingerprint density at radius 1 is 1.00 bits per heavy atom. The first kappa shape index (κ1) is 20.7. The maximum absolute atomic E-state index is 5.99. The van der Waals surface area contributed by atoms with Crippen LogP contribution in [0.3, 0.4) is 0 Å². The average Bonchev–Trinajstić information content (AvgIpc) is 3.22. The summed E-state index contributed by atoms with van der Waals surface area (Å²) in [5, 5.41) is 0. The molecule has 0 amide bonds. The summed E-state index contributed by atoms with van der Waals surface area (Å²) < 4.78 is 13.6. The Labute approximate surface area is 188 Å². The number of morpholine rings is 1. The fraction of sp³-hybridized carbons (Fsp3) is 0.308. The van der Waals surface area contributed by atoms with Gasteiger partial charge < -0.3 is 9.47 Å². The van der Waals surface area contributed by atoms with Crippen molar-refractivity contribution in [1.29, 1.82) is 0 Å². The Hall–Kier alpha value is -3.22. The number of hydrogen-bond donors (Lipinski definition) is 0. The molecule has 2 aromatic carbocycles. The van der Waals surface area contributed by atoms with Crippen LogP contribution < -0.4 is 4.74 Å². The summed E-state index contributed by atoms with van der Waals surface area (Å²) in [7, 11) is 0. The molecule has 1 aliphatic rings. The number of imidazole rings is 1. The van der Waals surface area contributed by atoms with E-state index in [4.69, 9.17) is 14.5 Å². The first-order valence-corrected chi connectivity index (χ1v) is 11.2. The monoisotopic (exact) mass is 428 g/mol. The van der Waals surface area contributed by atoms with E-state index >= 15 is 0 Å². The number of fused-ring (bicyclic) bond motifs is 1. The topological polar surface area (TPSA) is 52.4 Å². The van der Waals surface area contributed by atoms with Gasteiger partial charge in [0.25, 0.3) is 0 Å². The number of rotatable bonds is 7. The molecule has 0 N–H and O–H groups in total. The molecule has 1 saturated heterocycles. The quantitative estimate of drug-likeness (QED) is 0.406. The predicted molar refractivity (Wildman–Crippen MR) is 126 cm³/mol. The van der Waals surface area contributed by atoms with Crippen molar-refractivity contribution in [2.24, 2.45) is 0 Å². The SMILES string of the molecule is Cc1ccc2c(c1)nc(-c1ccccn1)n2-c1ccc(OCCCN2CCOCC2)cc1. The molecule has 0 saturated carbocycles. The van der Waals surface area contributed by atoms with Gasteiger partial charge >= 0.3 is 0 Å². The van der Waals surface area contributed by atoms with Crippen molar-refractivity contribution in [2.45, 2.75) is 13.3 Å². The molecule has 0 radical (unpaired) electrons. The smallest absolute Gasteiger partial charge is 0.164 e. The van der Waals surface area contributed by atoms with Crippen LogP contribution in [0, 0.1) is 6.92 Å². The maximum Gasteiger partial charge on any atom is 0.164 e. The second-order valence-corrected chi connectivity index (χ2v) is 8.13. The van der Waals surface area contributed by atoms with Crippen molar-refractivity contribution in [1.82, 2.24) is 19.4 Å². The molecule has 2 aromatic heterocycles. The lowest BCUT2D eigenvalue weighted by atomic mass is 10.2. The molecule has 6 heteroatoms. The molecule has 0 aliphatic carbocycles. The van der Waals surface area contributed by atoms with E-state index in [9.17, 15) is 0 Å². The zero-order valence-corrected chi connectivity index (χ0v) is 18.4. The zero-order chi connectivity index (χ0) is 21.8. The van der Waals surface area contributed by atoms with E-state index in [0.717, 1.165) is 73.3 Å². The van der Waals surface area contributed by atoms with E-state index in [1.165, 1.54) is 5.56 Å². The van der Waals surface area contributed by atoms with Gasteiger partial charge in [0.05, 0.1) is 30.9 Å². The second kappa shape index (κ2) is 9.51. The fourth-order valence-electron chi connectivity index (χ4n) is 4.11. The number of benzene rings is 2. The minimum atomic E-state index is 0.711. The Kier molecular flexibility index (Phi) is 6.14. The largest absolute Gasteiger partial charge is 0.494 e. The minimum Gasteiger partial charge on any atom is -0.494 e. The highest BCUT2D eigenvalue weighted by Crippen LogP contribution is 2.29. The lowest BCUT2D eigenvalue weighted by molar-refractivity contribution is 0.0358. The highest BCUT2D eigenvalue weighted by atomic mass is 16.5. The van der Waals surface area contributed by atoms with Gasteiger partial charge in [0.15, 0.2) is 5.82 Å². The molecule has 5 rings (SSSR count). The molecule has 4 aromatic rings. The molecule has 1 fully saturated rings. The number of pyridine rings is 1. The van der Waals surface area contributed by atoms with Crippen LogP contribution in [-0.4, -0.2) is 58.9 Å². The molecule has 0 spiro atoms. The number of ether oxygens (including phenoxy) is 2. The van der Waals surface area contributed by atoms with Crippen LogP contribution in [0.5, 0.6) is 5.75 Å². The number of nitrogens with zero attached hydrogens (tertiary/aromatic N) is 4. The third-order valence-corrected chi connectivity index (χ3v) is 5.79. The van der Waals surface area contributed by atoms with Crippen LogP contribution in [0.4, 0.5) is 0 Å². The van der Waals surface area contributed by atoms with Gasteiger partial charge in [-0.1, -0.05) is 12.1 Å². The molecule has 0 unspecified atom stereocenters. The van der Waals surface area contributed by atoms with Gasteiger partial charge in [0, 0.05) is 31.5 Å². The van der Waals surface area contributed by atoms with E-state index < -0.39 is 0 Å².